The first-order valence-corrected chi connectivity index (χ1v) is 7.52. The summed E-state index contributed by atoms with van der Waals surface area (Å²) in [5.41, 5.74) is -0.612. The third-order valence-electron chi connectivity index (χ3n) is 4.46. The van der Waals surface area contributed by atoms with E-state index in [0.29, 0.717) is 12.1 Å². The third-order valence-corrected chi connectivity index (χ3v) is 4.46. The van der Waals surface area contributed by atoms with E-state index in [0.717, 1.165) is 19.5 Å². The Hall–Kier alpha value is -0.650. The van der Waals surface area contributed by atoms with Crippen LogP contribution in [0.4, 0.5) is 0 Å². The quantitative estimate of drug-likeness (QED) is 0.705. The highest BCUT2D eigenvalue weighted by Crippen LogP contribution is 2.25. The van der Waals surface area contributed by atoms with Crippen LogP contribution >= 0.6 is 0 Å². The van der Waals surface area contributed by atoms with Gasteiger partial charge in [-0.1, -0.05) is 0 Å². The van der Waals surface area contributed by atoms with Crippen molar-refractivity contribution < 1.29 is 9.53 Å². The van der Waals surface area contributed by atoms with Gasteiger partial charge in [-0.25, -0.2) is 0 Å². The first-order chi connectivity index (χ1) is 9.34. The van der Waals surface area contributed by atoms with Crippen LogP contribution < -0.4 is 5.32 Å². The predicted molar refractivity (Wildman–Crippen MR) is 81.8 cm³/mol. The number of nitrogens with zero attached hydrogens (tertiary/aromatic N) is 2. The second-order valence-electron chi connectivity index (χ2n) is 6.42. The normalized spacial score (nSPS) is 24.6. The highest BCUT2D eigenvalue weighted by Gasteiger charge is 2.38. The van der Waals surface area contributed by atoms with E-state index < -0.39 is 5.54 Å². The van der Waals surface area contributed by atoms with Crippen molar-refractivity contribution in [3.63, 3.8) is 0 Å². The molecular weight excluding hydrogens is 254 g/mol. The van der Waals surface area contributed by atoms with Gasteiger partial charge in [0.2, 0.25) is 0 Å². The van der Waals surface area contributed by atoms with Crippen LogP contribution in [0, 0.1) is 0 Å². The molecule has 3 unspecified atom stereocenters. The maximum absolute atomic E-state index is 12.0. The first-order valence-electron chi connectivity index (χ1n) is 7.52. The summed E-state index contributed by atoms with van der Waals surface area (Å²) >= 11 is 0. The van der Waals surface area contributed by atoms with Crippen LogP contribution in [0.15, 0.2) is 0 Å². The molecule has 1 aliphatic heterocycles. The van der Waals surface area contributed by atoms with Crippen molar-refractivity contribution in [3.05, 3.63) is 0 Å². The minimum absolute atomic E-state index is 0.185. The molecule has 0 radical (unpaired) electrons. The number of ether oxygens (including phenoxy) is 1. The molecule has 3 atom stereocenters. The molecule has 1 N–H and O–H groups in total. The highest BCUT2D eigenvalue weighted by molar-refractivity contribution is 5.80. The number of rotatable bonds is 7. The van der Waals surface area contributed by atoms with E-state index in [9.17, 15) is 4.79 Å². The minimum Gasteiger partial charge on any atom is -0.468 e. The van der Waals surface area contributed by atoms with Crippen LogP contribution in [0.2, 0.25) is 0 Å². The number of hydrogen-bond donors (Lipinski definition) is 1. The largest absolute Gasteiger partial charge is 0.468 e. The number of likely N-dealkylation sites (N-methyl/N-ethyl adjacent to an activating group) is 2. The molecule has 0 aromatic heterocycles. The molecule has 5 heteroatoms. The number of esters is 1. The van der Waals surface area contributed by atoms with Crippen LogP contribution in [0.5, 0.6) is 0 Å². The lowest BCUT2D eigenvalue weighted by Gasteiger charge is -2.37. The maximum Gasteiger partial charge on any atom is 0.325 e. The van der Waals surface area contributed by atoms with Crippen LogP contribution in [0.3, 0.4) is 0 Å². The lowest BCUT2D eigenvalue weighted by Crippen LogP contribution is -2.53. The van der Waals surface area contributed by atoms with E-state index in [4.69, 9.17) is 4.74 Å². The van der Waals surface area contributed by atoms with Crippen molar-refractivity contribution in [2.45, 2.75) is 50.7 Å². The van der Waals surface area contributed by atoms with Gasteiger partial charge in [-0.05, 0) is 60.8 Å². The van der Waals surface area contributed by atoms with E-state index in [-0.39, 0.29) is 5.97 Å². The van der Waals surface area contributed by atoms with Gasteiger partial charge < -0.3 is 15.0 Å². The lowest BCUT2D eigenvalue weighted by atomic mass is 9.92. The van der Waals surface area contributed by atoms with Crippen molar-refractivity contribution in [1.82, 2.24) is 15.1 Å². The molecular formula is C15H31N3O2. The Morgan fingerprint density at radius 2 is 2.20 bits per heavy atom. The smallest absolute Gasteiger partial charge is 0.325 e. The summed E-state index contributed by atoms with van der Waals surface area (Å²) in [5.74, 6) is -0.185. The van der Waals surface area contributed by atoms with E-state index in [1.54, 1.807) is 0 Å². The zero-order valence-corrected chi connectivity index (χ0v) is 13.9. The van der Waals surface area contributed by atoms with Gasteiger partial charge in [-0.2, -0.15) is 0 Å². The summed E-state index contributed by atoms with van der Waals surface area (Å²) in [5, 5.41) is 3.13. The maximum atomic E-state index is 12.0. The van der Waals surface area contributed by atoms with Crippen LogP contribution in [0.1, 0.15) is 33.1 Å². The van der Waals surface area contributed by atoms with Gasteiger partial charge in [0.15, 0.2) is 0 Å². The number of carbonyl (C=O) groups is 1. The topological polar surface area (TPSA) is 44.8 Å². The number of hydrogen-bond acceptors (Lipinski definition) is 5. The molecule has 0 saturated carbocycles. The molecule has 0 spiro atoms. The van der Waals surface area contributed by atoms with Crippen LogP contribution in [-0.2, 0) is 9.53 Å². The van der Waals surface area contributed by atoms with E-state index in [1.807, 2.05) is 14.0 Å². The summed E-state index contributed by atoms with van der Waals surface area (Å²) in [6.07, 6.45) is 3.26. The molecule has 0 bridgehead atoms. The Morgan fingerprint density at radius 1 is 1.55 bits per heavy atom. The number of methoxy groups -OCH3 is 1. The molecule has 0 aromatic rings. The Bertz CT molecular complexity index is 322. The fraction of sp³-hybridized carbons (Fsp3) is 0.933. The Morgan fingerprint density at radius 3 is 2.70 bits per heavy atom. The summed E-state index contributed by atoms with van der Waals surface area (Å²) < 4.78 is 4.93. The molecule has 0 aliphatic carbocycles. The van der Waals surface area contributed by atoms with Crippen molar-refractivity contribution in [3.8, 4) is 0 Å². The lowest BCUT2D eigenvalue weighted by molar-refractivity contribution is -0.148. The van der Waals surface area contributed by atoms with Gasteiger partial charge in [0.1, 0.15) is 5.54 Å². The number of carbonyl (C=O) groups excluding carboxylic acids is 1. The zero-order chi connectivity index (χ0) is 15.3. The first kappa shape index (κ1) is 17.4. The molecule has 1 rings (SSSR count). The fourth-order valence-corrected chi connectivity index (χ4v) is 3.28. The molecule has 1 aliphatic rings. The molecule has 1 heterocycles. The minimum atomic E-state index is -0.612. The summed E-state index contributed by atoms with van der Waals surface area (Å²) in [6, 6.07) is 0.956. The van der Waals surface area contributed by atoms with Gasteiger partial charge >= 0.3 is 5.97 Å². The molecule has 5 nitrogen and oxygen atoms in total. The van der Waals surface area contributed by atoms with Crippen molar-refractivity contribution in [2.24, 2.45) is 0 Å². The number of nitrogens with one attached hydrogen (secondary N) is 1. The van der Waals surface area contributed by atoms with E-state index in [1.165, 1.54) is 20.0 Å². The molecule has 20 heavy (non-hydrogen) atoms. The molecule has 118 valence electrons. The van der Waals surface area contributed by atoms with Gasteiger partial charge in [0, 0.05) is 18.6 Å². The Balaban J connectivity index is 2.68. The van der Waals surface area contributed by atoms with Crippen molar-refractivity contribution in [2.75, 3.05) is 41.3 Å². The van der Waals surface area contributed by atoms with Crippen molar-refractivity contribution in [1.29, 1.82) is 0 Å². The fourth-order valence-electron chi connectivity index (χ4n) is 3.28. The average molecular weight is 285 g/mol. The van der Waals surface area contributed by atoms with Crippen molar-refractivity contribution >= 4 is 5.97 Å². The third kappa shape index (κ3) is 4.17. The summed E-state index contributed by atoms with van der Waals surface area (Å²) in [4.78, 5) is 16.7. The van der Waals surface area contributed by atoms with Gasteiger partial charge in [-0.15, -0.1) is 0 Å². The van der Waals surface area contributed by atoms with Gasteiger partial charge in [0.05, 0.1) is 7.11 Å². The van der Waals surface area contributed by atoms with E-state index in [2.05, 4.69) is 36.1 Å². The average Bonchev–Trinajstić information content (AvgIpc) is 2.84. The molecule has 1 fully saturated rings. The predicted octanol–water partition coefficient (Wildman–Crippen LogP) is 0.942. The van der Waals surface area contributed by atoms with Crippen LogP contribution in [0.25, 0.3) is 0 Å². The second kappa shape index (κ2) is 7.38. The SMILES string of the molecule is CNC(C)(CC(C)N1CCCC1CN(C)C)C(=O)OC. The summed E-state index contributed by atoms with van der Waals surface area (Å²) in [6.45, 7) is 6.35. The second-order valence-corrected chi connectivity index (χ2v) is 6.42. The standard InChI is InChI=1S/C15H31N3O2/c1-12(10-15(2,16-3)14(19)20-6)18-9-7-8-13(18)11-17(4)5/h12-13,16H,7-11H2,1-6H3. The van der Waals surface area contributed by atoms with Crippen LogP contribution in [-0.4, -0.2) is 74.7 Å². The molecule has 1 saturated heterocycles. The Labute approximate surface area is 123 Å². The van der Waals surface area contributed by atoms with Gasteiger partial charge in [-0.3, -0.25) is 9.69 Å². The number of likely N-dealkylation sites (tertiary alicyclic amines) is 1. The Kier molecular flexibility index (Phi) is 6.43. The molecule has 0 aromatic carbocycles. The zero-order valence-electron chi connectivity index (χ0n) is 13.9. The monoisotopic (exact) mass is 285 g/mol. The highest BCUT2D eigenvalue weighted by atomic mass is 16.5. The molecule has 0 amide bonds. The van der Waals surface area contributed by atoms with E-state index >= 15 is 0 Å². The summed E-state index contributed by atoms with van der Waals surface area (Å²) in [7, 11) is 7.51. The van der Waals surface area contributed by atoms with Gasteiger partial charge in [0.25, 0.3) is 0 Å².